The fourth-order valence-corrected chi connectivity index (χ4v) is 2.21. The minimum Gasteiger partial charge on any atom is -0.463 e. The summed E-state index contributed by atoms with van der Waals surface area (Å²) < 4.78 is 10.1. The van der Waals surface area contributed by atoms with E-state index >= 15 is 0 Å². The molecule has 0 unspecified atom stereocenters. The van der Waals surface area contributed by atoms with Gasteiger partial charge in [0, 0.05) is 18.3 Å². The van der Waals surface area contributed by atoms with E-state index in [-0.39, 0.29) is 12.5 Å². The number of aromatic nitrogens is 1. The maximum absolute atomic E-state index is 11.9. The van der Waals surface area contributed by atoms with Crippen LogP contribution < -0.4 is 5.32 Å². The smallest absolute Gasteiger partial charge is 0.410 e. The average Bonchev–Trinajstić information content (AvgIpc) is 3.18. The average molecular weight is 301 g/mol. The molecule has 22 heavy (non-hydrogen) atoms. The second kappa shape index (κ2) is 6.30. The quantitative estimate of drug-likeness (QED) is 0.902. The van der Waals surface area contributed by atoms with E-state index in [9.17, 15) is 9.59 Å². The van der Waals surface area contributed by atoms with Crippen LogP contribution in [0.5, 0.6) is 0 Å². The van der Waals surface area contributed by atoms with E-state index in [0.29, 0.717) is 31.2 Å². The second-order valence-electron chi connectivity index (χ2n) is 4.80. The Kier molecular flexibility index (Phi) is 4.04. The molecule has 0 bridgehead atoms. The SMILES string of the molecule is O=C(CN1CCOC1=O)NCc1cccnc1-c1ccco1. The maximum Gasteiger partial charge on any atom is 0.410 e. The molecule has 3 rings (SSSR count). The molecule has 0 aromatic carbocycles. The number of hydrogen-bond acceptors (Lipinski definition) is 5. The number of nitrogens with one attached hydrogen (secondary N) is 1. The van der Waals surface area contributed by atoms with Crippen molar-refractivity contribution in [3.8, 4) is 11.5 Å². The molecule has 0 spiro atoms. The van der Waals surface area contributed by atoms with Crippen LogP contribution >= 0.6 is 0 Å². The number of hydrogen-bond donors (Lipinski definition) is 1. The van der Waals surface area contributed by atoms with Crippen LogP contribution in [0.1, 0.15) is 5.56 Å². The summed E-state index contributed by atoms with van der Waals surface area (Å²) in [6.45, 7) is 1.08. The van der Waals surface area contributed by atoms with Crippen molar-refractivity contribution < 1.29 is 18.7 Å². The number of carbonyl (C=O) groups is 2. The third-order valence-electron chi connectivity index (χ3n) is 3.30. The zero-order valence-corrected chi connectivity index (χ0v) is 11.8. The topological polar surface area (TPSA) is 84.7 Å². The number of pyridine rings is 1. The summed E-state index contributed by atoms with van der Waals surface area (Å²) in [7, 11) is 0. The van der Waals surface area contributed by atoms with E-state index in [4.69, 9.17) is 9.15 Å². The number of furan rings is 1. The van der Waals surface area contributed by atoms with Crippen molar-refractivity contribution in [1.82, 2.24) is 15.2 Å². The molecule has 2 amide bonds. The fourth-order valence-electron chi connectivity index (χ4n) is 2.21. The van der Waals surface area contributed by atoms with Gasteiger partial charge in [-0.3, -0.25) is 14.7 Å². The molecule has 1 fully saturated rings. The normalized spacial score (nSPS) is 14.0. The summed E-state index contributed by atoms with van der Waals surface area (Å²) in [6, 6.07) is 7.26. The van der Waals surface area contributed by atoms with Crippen LogP contribution in [-0.2, 0) is 16.1 Å². The minimum atomic E-state index is -0.451. The number of amides is 2. The Morgan fingerprint density at radius 3 is 3.00 bits per heavy atom. The summed E-state index contributed by atoms with van der Waals surface area (Å²) in [5.41, 5.74) is 1.53. The first kappa shape index (κ1) is 14.1. The summed E-state index contributed by atoms with van der Waals surface area (Å²) in [6.07, 6.45) is 2.79. The van der Waals surface area contributed by atoms with Gasteiger partial charge in [0.2, 0.25) is 5.91 Å². The van der Waals surface area contributed by atoms with Gasteiger partial charge in [-0.25, -0.2) is 4.79 Å². The summed E-state index contributed by atoms with van der Waals surface area (Å²) in [4.78, 5) is 28.9. The summed E-state index contributed by atoms with van der Waals surface area (Å²) in [5.74, 6) is 0.404. The molecular formula is C15H15N3O4. The van der Waals surface area contributed by atoms with Crippen LogP contribution in [0.25, 0.3) is 11.5 Å². The number of cyclic esters (lactones) is 1. The van der Waals surface area contributed by atoms with E-state index in [0.717, 1.165) is 5.56 Å². The van der Waals surface area contributed by atoms with Crippen molar-refractivity contribution in [2.75, 3.05) is 19.7 Å². The molecule has 0 aliphatic carbocycles. The lowest BCUT2D eigenvalue weighted by atomic mass is 10.1. The highest BCUT2D eigenvalue weighted by atomic mass is 16.6. The lowest BCUT2D eigenvalue weighted by Crippen LogP contribution is -2.37. The zero-order valence-electron chi connectivity index (χ0n) is 11.8. The molecule has 7 heteroatoms. The molecule has 1 saturated heterocycles. The summed E-state index contributed by atoms with van der Waals surface area (Å²) in [5, 5.41) is 2.78. The highest BCUT2D eigenvalue weighted by Gasteiger charge is 2.24. The monoisotopic (exact) mass is 301 g/mol. The Bertz CT molecular complexity index is 669. The lowest BCUT2D eigenvalue weighted by Gasteiger charge is -2.13. The molecule has 1 aliphatic rings. The van der Waals surface area contributed by atoms with E-state index in [1.807, 2.05) is 12.1 Å². The first-order valence-corrected chi connectivity index (χ1v) is 6.90. The summed E-state index contributed by atoms with van der Waals surface area (Å²) >= 11 is 0. The molecule has 2 aromatic heterocycles. The zero-order chi connectivity index (χ0) is 15.4. The highest BCUT2D eigenvalue weighted by molar-refractivity contribution is 5.82. The minimum absolute atomic E-state index is 0.00478. The van der Waals surface area contributed by atoms with Crippen LogP contribution in [0.15, 0.2) is 41.1 Å². The van der Waals surface area contributed by atoms with Crippen molar-refractivity contribution in [2.24, 2.45) is 0 Å². The standard InChI is InChI=1S/C15H15N3O4/c19-13(10-18-6-8-22-15(18)20)17-9-11-3-1-5-16-14(11)12-4-2-7-21-12/h1-5,7H,6,8-10H2,(H,17,19). The van der Waals surface area contributed by atoms with E-state index in [1.54, 1.807) is 24.6 Å². The molecule has 0 saturated carbocycles. The van der Waals surface area contributed by atoms with Crippen molar-refractivity contribution in [3.63, 3.8) is 0 Å². The van der Waals surface area contributed by atoms with Gasteiger partial charge < -0.3 is 14.5 Å². The molecule has 0 atom stereocenters. The Morgan fingerprint density at radius 1 is 1.36 bits per heavy atom. The number of ether oxygens (including phenoxy) is 1. The Morgan fingerprint density at radius 2 is 2.27 bits per heavy atom. The van der Waals surface area contributed by atoms with Gasteiger partial charge in [-0.15, -0.1) is 0 Å². The van der Waals surface area contributed by atoms with Gasteiger partial charge in [0.15, 0.2) is 5.76 Å². The van der Waals surface area contributed by atoms with E-state index in [1.165, 1.54) is 4.90 Å². The van der Waals surface area contributed by atoms with Crippen molar-refractivity contribution in [1.29, 1.82) is 0 Å². The van der Waals surface area contributed by atoms with Gasteiger partial charge in [0.1, 0.15) is 18.8 Å². The van der Waals surface area contributed by atoms with Crippen molar-refractivity contribution in [3.05, 3.63) is 42.3 Å². The predicted octanol–water partition coefficient (Wildman–Crippen LogP) is 1.41. The lowest BCUT2D eigenvalue weighted by molar-refractivity contribution is -0.121. The van der Waals surface area contributed by atoms with Crippen LogP contribution in [-0.4, -0.2) is 41.6 Å². The molecule has 1 N–H and O–H groups in total. The molecule has 2 aromatic rings. The van der Waals surface area contributed by atoms with E-state index < -0.39 is 6.09 Å². The third kappa shape index (κ3) is 3.08. The van der Waals surface area contributed by atoms with Crippen molar-refractivity contribution in [2.45, 2.75) is 6.54 Å². The number of carbonyl (C=O) groups excluding carboxylic acids is 2. The molecule has 0 radical (unpaired) electrons. The molecular weight excluding hydrogens is 286 g/mol. The highest BCUT2D eigenvalue weighted by Crippen LogP contribution is 2.21. The molecule has 3 heterocycles. The molecule has 7 nitrogen and oxygen atoms in total. The molecule has 1 aliphatic heterocycles. The van der Waals surface area contributed by atoms with Crippen LogP contribution in [0, 0.1) is 0 Å². The molecule has 114 valence electrons. The van der Waals surface area contributed by atoms with Crippen LogP contribution in [0.3, 0.4) is 0 Å². The third-order valence-corrected chi connectivity index (χ3v) is 3.30. The second-order valence-corrected chi connectivity index (χ2v) is 4.80. The van der Waals surface area contributed by atoms with Gasteiger partial charge in [-0.1, -0.05) is 6.07 Å². The van der Waals surface area contributed by atoms with Crippen LogP contribution in [0.2, 0.25) is 0 Å². The van der Waals surface area contributed by atoms with Crippen LogP contribution in [0.4, 0.5) is 4.79 Å². The van der Waals surface area contributed by atoms with Gasteiger partial charge in [-0.05, 0) is 18.2 Å². The first-order chi connectivity index (χ1) is 10.7. The number of nitrogens with zero attached hydrogens (tertiary/aromatic N) is 2. The number of rotatable bonds is 5. The maximum atomic E-state index is 11.9. The Hall–Kier alpha value is -2.83. The van der Waals surface area contributed by atoms with Gasteiger partial charge in [0.25, 0.3) is 0 Å². The Balaban J connectivity index is 1.62. The van der Waals surface area contributed by atoms with Gasteiger partial charge >= 0.3 is 6.09 Å². The predicted molar refractivity (Wildman–Crippen MR) is 76.7 cm³/mol. The fraction of sp³-hybridized carbons (Fsp3) is 0.267. The van der Waals surface area contributed by atoms with Crippen molar-refractivity contribution >= 4 is 12.0 Å². The first-order valence-electron chi connectivity index (χ1n) is 6.90. The van der Waals surface area contributed by atoms with Gasteiger partial charge in [-0.2, -0.15) is 0 Å². The van der Waals surface area contributed by atoms with Gasteiger partial charge in [0.05, 0.1) is 12.8 Å². The Labute approximate surface area is 126 Å². The largest absolute Gasteiger partial charge is 0.463 e. The van der Waals surface area contributed by atoms with E-state index in [2.05, 4.69) is 10.3 Å².